The van der Waals surface area contributed by atoms with Crippen LogP contribution in [-0.2, 0) is 16.0 Å². The van der Waals surface area contributed by atoms with Crippen molar-refractivity contribution in [3.05, 3.63) is 94.7 Å². The fourth-order valence-electron chi connectivity index (χ4n) is 4.76. The lowest BCUT2D eigenvalue weighted by Crippen LogP contribution is -2.38. The number of fused-ring (bicyclic) bond motifs is 1. The van der Waals surface area contributed by atoms with E-state index in [1.165, 1.54) is 17.3 Å². The Balaban J connectivity index is 1.43. The molecule has 0 atom stereocenters. The van der Waals surface area contributed by atoms with Gasteiger partial charge in [0.1, 0.15) is 11.4 Å². The standard InChI is InChI=1S/C30H29N3O3S/c1-20-15-21(2)17-24(16-20)33-29(35)26(18-22-10-12-25(36-3)13-11-22)31-30(33)37-19-28(34)32-14-6-8-23-7-4-5-9-27(23)32/h4-5,7,9-13,15-18H,6,8,14,19H2,1-3H3. The highest BCUT2D eigenvalue weighted by Gasteiger charge is 2.33. The molecule has 188 valence electrons. The maximum atomic E-state index is 13.6. The van der Waals surface area contributed by atoms with Crippen LogP contribution in [0.1, 0.15) is 28.7 Å². The van der Waals surface area contributed by atoms with Gasteiger partial charge in [-0.15, -0.1) is 0 Å². The molecule has 0 saturated carbocycles. The van der Waals surface area contributed by atoms with Crippen molar-refractivity contribution in [2.45, 2.75) is 26.7 Å². The summed E-state index contributed by atoms with van der Waals surface area (Å²) >= 11 is 1.30. The number of carbonyl (C=O) groups is 2. The van der Waals surface area contributed by atoms with Crippen molar-refractivity contribution in [1.82, 2.24) is 0 Å². The van der Waals surface area contributed by atoms with Crippen LogP contribution in [0.4, 0.5) is 11.4 Å². The Bertz CT molecular complexity index is 1390. The van der Waals surface area contributed by atoms with Crippen molar-refractivity contribution < 1.29 is 14.3 Å². The van der Waals surface area contributed by atoms with E-state index in [1.54, 1.807) is 18.1 Å². The number of amides is 2. The van der Waals surface area contributed by atoms with Crippen LogP contribution in [0.5, 0.6) is 5.75 Å². The number of anilines is 2. The minimum Gasteiger partial charge on any atom is -0.497 e. The number of amidine groups is 1. The quantitative estimate of drug-likeness (QED) is 0.408. The predicted octanol–water partition coefficient (Wildman–Crippen LogP) is 5.77. The van der Waals surface area contributed by atoms with Gasteiger partial charge in [0, 0.05) is 12.2 Å². The van der Waals surface area contributed by atoms with Gasteiger partial charge in [0.05, 0.1) is 18.6 Å². The summed E-state index contributed by atoms with van der Waals surface area (Å²) in [6, 6.07) is 21.6. The SMILES string of the molecule is COc1ccc(C=C2N=C(SCC(=O)N3CCCc4ccccc43)N(c3cc(C)cc(C)c3)C2=O)cc1. The average molecular weight is 512 g/mol. The zero-order valence-corrected chi connectivity index (χ0v) is 22.0. The zero-order chi connectivity index (χ0) is 25.9. The van der Waals surface area contributed by atoms with Crippen molar-refractivity contribution in [3.63, 3.8) is 0 Å². The minimum atomic E-state index is -0.209. The van der Waals surface area contributed by atoms with E-state index in [1.807, 2.05) is 73.3 Å². The Morgan fingerprint density at radius 2 is 1.78 bits per heavy atom. The van der Waals surface area contributed by atoms with Gasteiger partial charge in [-0.3, -0.25) is 14.5 Å². The first-order chi connectivity index (χ1) is 17.9. The number of aryl methyl sites for hydroxylation is 3. The van der Waals surface area contributed by atoms with Gasteiger partial charge in [-0.05, 0) is 85.4 Å². The summed E-state index contributed by atoms with van der Waals surface area (Å²) in [5, 5.41) is 0.508. The van der Waals surface area contributed by atoms with Crippen molar-refractivity contribution in [2.24, 2.45) is 4.99 Å². The highest BCUT2D eigenvalue weighted by atomic mass is 32.2. The maximum Gasteiger partial charge on any atom is 0.283 e. The Hall–Kier alpha value is -3.84. The molecular formula is C30H29N3O3S. The number of hydrogen-bond donors (Lipinski definition) is 0. The molecule has 2 aliphatic rings. The number of hydrogen-bond acceptors (Lipinski definition) is 5. The van der Waals surface area contributed by atoms with Crippen LogP contribution in [0.15, 0.2) is 77.4 Å². The highest BCUT2D eigenvalue weighted by molar-refractivity contribution is 8.14. The molecule has 0 unspecified atom stereocenters. The molecule has 37 heavy (non-hydrogen) atoms. The van der Waals surface area contributed by atoms with Gasteiger partial charge in [-0.2, -0.15) is 0 Å². The number of ether oxygens (including phenoxy) is 1. The van der Waals surface area contributed by atoms with Crippen molar-refractivity contribution in [3.8, 4) is 5.75 Å². The van der Waals surface area contributed by atoms with E-state index in [4.69, 9.17) is 9.73 Å². The molecule has 0 spiro atoms. The molecule has 0 bridgehead atoms. The van der Waals surface area contributed by atoms with Gasteiger partial charge in [-0.1, -0.05) is 48.2 Å². The van der Waals surface area contributed by atoms with Crippen LogP contribution < -0.4 is 14.5 Å². The molecule has 2 aliphatic heterocycles. The summed E-state index contributed by atoms with van der Waals surface area (Å²) in [6.07, 6.45) is 3.69. The number of rotatable bonds is 5. The average Bonchev–Trinajstić information content (AvgIpc) is 3.21. The molecule has 0 radical (unpaired) electrons. The summed E-state index contributed by atoms with van der Waals surface area (Å²) < 4.78 is 5.24. The Labute approximate surface area is 221 Å². The Kier molecular flexibility index (Phi) is 7.15. The van der Waals surface area contributed by atoms with E-state index in [2.05, 4.69) is 12.1 Å². The Morgan fingerprint density at radius 3 is 2.51 bits per heavy atom. The summed E-state index contributed by atoms with van der Waals surface area (Å²) in [7, 11) is 1.62. The molecule has 0 fully saturated rings. The summed E-state index contributed by atoms with van der Waals surface area (Å²) in [5.74, 6) is 0.742. The lowest BCUT2D eigenvalue weighted by Gasteiger charge is -2.29. The third-order valence-electron chi connectivity index (χ3n) is 6.45. The van der Waals surface area contributed by atoms with Crippen molar-refractivity contribution in [1.29, 1.82) is 0 Å². The van der Waals surface area contributed by atoms with Crippen LogP contribution in [0.3, 0.4) is 0 Å². The predicted molar refractivity (Wildman–Crippen MR) is 151 cm³/mol. The number of methoxy groups -OCH3 is 1. The van der Waals surface area contributed by atoms with E-state index >= 15 is 0 Å². The van der Waals surface area contributed by atoms with Gasteiger partial charge < -0.3 is 9.64 Å². The molecule has 0 aromatic heterocycles. The number of carbonyl (C=O) groups excluding carboxylic acids is 2. The minimum absolute atomic E-state index is 0.0141. The number of thioether (sulfide) groups is 1. The van der Waals surface area contributed by atoms with E-state index in [-0.39, 0.29) is 17.6 Å². The van der Waals surface area contributed by atoms with Crippen LogP contribution in [-0.4, -0.2) is 36.4 Å². The third-order valence-corrected chi connectivity index (χ3v) is 7.37. The van der Waals surface area contributed by atoms with Crippen molar-refractivity contribution >= 4 is 46.2 Å². The van der Waals surface area contributed by atoms with Gasteiger partial charge in [-0.25, -0.2) is 4.99 Å². The molecule has 0 saturated heterocycles. The van der Waals surface area contributed by atoms with Gasteiger partial charge in [0.25, 0.3) is 5.91 Å². The van der Waals surface area contributed by atoms with Gasteiger partial charge >= 0.3 is 0 Å². The number of benzene rings is 3. The van der Waals surface area contributed by atoms with E-state index in [9.17, 15) is 9.59 Å². The second-order valence-electron chi connectivity index (χ2n) is 9.25. The third kappa shape index (κ3) is 5.32. The molecule has 3 aromatic rings. The van der Waals surface area contributed by atoms with E-state index in [0.717, 1.165) is 46.7 Å². The first-order valence-electron chi connectivity index (χ1n) is 12.3. The molecule has 0 aliphatic carbocycles. The lowest BCUT2D eigenvalue weighted by molar-refractivity contribution is -0.116. The molecule has 2 amide bonds. The monoisotopic (exact) mass is 511 g/mol. The van der Waals surface area contributed by atoms with Crippen LogP contribution >= 0.6 is 11.8 Å². The fourth-order valence-corrected chi connectivity index (χ4v) is 5.64. The first kappa shape index (κ1) is 24.8. The summed E-state index contributed by atoms with van der Waals surface area (Å²) in [6.45, 7) is 4.71. The number of para-hydroxylation sites is 1. The molecule has 3 aromatic carbocycles. The van der Waals surface area contributed by atoms with Gasteiger partial charge in [0.2, 0.25) is 5.91 Å². The molecular weight excluding hydrogens is 482 g/mol. The van der Waals surface area contributed by atoms with Gasteiger partial charge in [0.15, 0.2) is 5.17 Å². The van der Waals surface area contributed by atoms with E-state index in [0.29, 0.717) is 17.4 Å². The lowest BCUT2D eigenvalue weighted by atomic mass is 10.0. The second kappa shape index (κ2) is 10.6. The maximum absolute atomic E-state index is 13.6. The second-order valence-corrected chi connectivity index (χ2v) is 10.2. The largest absolute Gasteiger partial charge is 0.497 e. The normalized spacial score (nSPS) is 16.1. The summed E-state index contributed by atoms with van der Waals surface area (Å²) in [5.41, 5.74) is 6.23. The summed E-state index contributed by atoms with van der Waals surface area (Å²) in [4.78, 5) is 35.1. The van der Waals surface area contributed by atoms with Crippen molar-refractivity contribution in [2.75, 3.05) is 29.2 Å². The molecule has 5 rings (SSSR count). The molecule has 2 heterocycles. The molecule has 0 N–H and O–H groups in total. The zero-order valence-electron chi connectivity index (χ0n) is 21.2. The molecule has 7 heteroatoms. The number of nitrogens with zero attached hydrogens (tertiary/aromatic N) is 3. The number of aliphatic imine (C=N–C) groups is 1. The van der Waals surface area contributed by atoms with E-state index < -0.39 is 0 Å². The fraction of sp³-hybridized carbons (Fsp3) is 0.233. The smallest absolute Gasteiger partial charge is 0.283 e. The first-order valence-corrected chi connectivity index (χ1v) is 13.3. The topological polar surface area (TPSA) is 62.2 Å². The Morgan fingerprint density at radius 1 is 1.05 bits per heavy atom. The van der Waals surface area contributed by atoms with Crippen LogP contribution in [0.25, 0.3) is 6.08 Å². The molecule has 6 nitrogen and oxygen atoms in total. The van der Waals surface area contributed by atoms with Crippen LogP contribution in [0, 0.1) is 13.8 Å². The highest BCUT2D eigenvalue weighted by Crippen LogP contribution is 2.32. The van der Waals surface area contributed by atoms with Crippen LogP contribution in [0.2, 0.25) is 0 Å².